The maximum atomic E-state index is 12.8. The van der Waals surface area contributed by atoms with E-state index in [9.17, 15) is 9.59 Å². The van der Waals surface area contributed by atoms with Crippen LogP contribution in [0, 0.1) is 6.92 Å². The number of amides is 2. The normalized spacial score (nSPS) is 11.1. The molecule has 5 nitrogen and oxygen atoms in total. The Labute approximate surface area is 196 Å². The molecule has 0 aliphatic carbocycles. The zero-order valence-electron chi connectivity index (χ0n) is 18.1. The molecule has 0 aliphatic heterocycles. The van der Waals surface area contributed by atoms with Crippen LogP contribution in [0.2, 0.25) is 0 Å². The number of hydrogen-bond acceptors (Lipinski definition) is 5. The first-order chi connectivity index (χ1) is 15.5. The van der Waals surface area contributed by atoms with Gasteiger partial charge in [-0.2, -0.15) is 11.8 Å². The van der Waals surface area contributed by atoms with Gasteiger partial charge in [-0.05, 0) is 54.3 Å². The molecule has 0 fully saturated rings. The van der Waals surface area contributed by atoms with E-state index in [0.717, 1.165) is 16.4 Å². The first-order valence-corrected chi connectivity index (χ1v) is 12.2. The lowest BCUT2D eigenvalue weighted by atomic mass is 10.2. The van der Waals surface area contributed by atoms with Crippen LogP contribution >= 0.6 is 23.1 Å². The molecule has 3 aromatic rings. The molecule has 0 unspecified atom stereocenters. The summed E-state index contributed by atoms with van der Waals surface area (Å²) in [4.78, 5) is 26.3. The van der Waals surface area contributed by atoms with Gasteiger partial charge in [0, 0.05) is 28.5 Å². The number of carbonyl (C=O) groups excluding carboxylic acids is 2. The van der Waals surface area contributed by atoms with Gasteiger partial charge in [0.1, 0.15) is 11.4 Å². The predicted molar refractivity (Wildman–Crippen MR) is 133 cm³/mol. The highest BCUT2D eigenvalue weighted by atomic mass is 32.2. The number of methoxy groups -OCH3 is 1. The van der Waals surface area contributed by atoms with Crippen LogP contribution in [-0.2, 0) is 10.5 Å². The summed E-state index contributed by atoms with van der Waals surface area (Å²) < 4.78 is 5.13. The van der Waals surface area contributed by atoms with E-state index in [-0.39, 0.29) is 17.5 Å². The van der Waals surface area contributed by atoms with Crippen LogP contribution < -0.4 is 15.4 Å². The molecule has 2 amide bonds. The van der Waals surface area contributed by atoms with Crippen molar-refractivity contribution in [1.82, 2.24) is 10.6 Å². The van der Waals surface area contributed by atoms with Gasteiger partial charge in [0.15, 0.2) is 0 Å². The third kappa shape index (κ3) is 7.28. The van der Waals surface area contributed by atoms with E-state index >= 15 is 0 Å². The average Bonchev–Trinajstić information content (AvgIpc) is 3.32. The number of hydrogen-bond donors (Lipinski definition) is 2. The van der Waals surface area contributed by atoms with E-state index in [0.29, 0.717) is 17.9 Å². The van der Waals surface area contributed by atoms with Gasteiger partial charge in [-0.3, -0.25) is 9.59 Å². The molecule has 0 saturated carbocycles. The summed E-state index contributed by atoms with van der Waals surface area (Å²) >= 11 is 3.25. The lowest BCUT2D eigenvalue weighted by Crippen LogP contribution is -2.35. The van der Waals surface area contributed by atoms with Crippen molar-refractivity contribution >= 4 is 41.0 Å². The molecule has 7 heteroatoms. The molecule has 2 N–H and O–H groups in total. The Morgan fingerprint density at radius 2 is 1.81 bits per heavy atom. The van der Waals surface area contributed by atoms with Crippen LogP contribution in [0.5, 0.6) is 5.75 Å². The molecule has 1 aromatic heterocycles. The second-order valence-corrected chi connectivity index (χ2v) is 9.13. The summed E-state index contributed by atoms with van der Waals surface area (Å²) in [7, 11) is 1.57. The molecule has 32 heavy (non-hydrogen) atoms. The Kier molecular flexibility index (Phi) is 8.95. The van der Waals surface area contributed by atoms with Crippen LogP contribution in [0.3, 0.4) is 0 Å². The summed E-state index contributed by atoms with van der Waals surface area (Å²) in [5.41, 5.74) is 3.17. The molecule has 0 atom stereocenters. The topological polar surface area (TPSA) is 67.4 Å². The van der Waals surface area contributed by atoms with Crippen molar-refractivity contribution in [2.45, 2.75) is 12.7 Å². The number of thioether (sulfide) groups is 1. The van der Waals surface area contributed by atoms with E-state index in [1.807, 2.05) is 17.5 Å². The Morgan fingerprint density at radius 3 is 2.47 bits per heavy atom. The molecule has 0 saturated heterocycles. The monoisotopic (exact) mass is 466 g/mol. The second kappa shape index (κ2) is 12.1. The third-order valence-electron chi connectivity index (χ3n) is 4.60. The smallest absolute Gasteiger partial charge is 0.267 e. The first kappa shape index (κ1) is 23.6. The van der Waals surface area contributed by atoms with Crippen molar-refractivity contribution in [1.29, 1.82) is 0 Å². The minimum Gasteiger partial charge on any atom is -0.497 e. The lowest BCUT2D eigenvalue weighted by Gasteiger charge is -2.11. The number of ether oxygens (including phenoxy) is 1. The summed E-state index contributed by atoms with van der Waals surface area (Å²) in [5.74, 6) is 1.67. The Balaban J connectivity index is 1.56. The van der Waals surface area contributed by atoms with Crippen molar-refractivity contribution in [3.8, 4) is 5.75 Å². The molecule has 0 bridgehead atoms. The fraction of sp³-hybridized carbons (Fsp3) is 0.200. The number of carbonyl (C=O) groups is 2. The van der Waals surface area contributed by atoms with Crippen LogP contribution in [0.4, 0.5) is 0 Å². The largest absolute Gasteiger partial charge is 0.497 e. The van der Waals surface area contributed by atoms with E-state index in [4.69, 9.17) is 4.74 Å². The van der Waals surface area contributed by atoms with Crippen LogP contribution in [0.25, 0.3) is 6.08 Å². The zero-order valence-corrected chi connectivity index (χ0v) is 19.7. The maximum absolute atomic E-state index is 12.8. The van der Waals surface area contributed by atoms with E-state index in [1.165, 1.54) is 22.5 Å². The highest BCUT2D eigenvalue weighted by molar-refractivity contribution is 7.98. The second-order valence-electron chi connectivity index (χ2n) is 7.05. The van der Waals surface area contributed by atoms with E-state index < -0.39 is 0 Å². The third-order valence-corrected chi connectivity index (χ3v) is 6.45. The summed E-state index contributed by atoms with van der Waals surface area (Å²) in [6.45, 7) is 2.58. The van der Waals surface area contributed by atoms with Gasteiger partial charge in [0.2, 0.25) is 0 Å². The van der Waals surface area contributed by atoms with Crippen molar-refractivity contribution in [3.05, 3.63) is 93.3 Å². The minimum absolute atomic E-state index is 0.219. The average molecular weight is 467 g/mol. The zero-order chi connectivity index (χ0) is 22.8. The van der Waals surface area contributed by atoms with Gasteiger partial charge >= 0.3 is 0 Å². The number of benzene rings is 2. The van der Waals surface area contributed by atoms with Gasteiger partial charge < -0.3 is 15.4 Å². The van der Waals surface area contributed by atoms with Crippen molar-refractivity contribution in [2.24, 2.45) is 0 Å². The molecule has 2 aromatic carbocycles. The molecular weight excluding hydrogens is 440 g/mol. The van der Waals surface area contributed by atoms with E-state index in [1.54, 1.807) is 49.2 Å². The standard InChI is InChI=1S/C25H26N2O3S2/c1-18-5-7-19(8-6-18)17-31-15-13-26-25(29)23(16-22-4-3-14-32-22)27-24(28)20-9-11-21(30-2)12-10-20/h3-12,14,16H,13,15,17H2,1-2H3,(H,26,29)(H,27,28)/b23-16-. The fourth-order valence-corrected chi connectivity index (χ4v) is 4.29. The minimum atomic E-state index is -0.348. The summed E-state index contributed by atoms with van der Waals surface area (Å²) in [6.07, 6.45) is 1.70. The molecule has 166 valence electrons. The van der Waals surface area contributed by atoms with Crippen molar-refractivity contribution in [2.75, 3.05) is 19.4 Å². The van der Waals surface area contributed by atoms with Gasteiger partial charge in [0.25, 0.3) is 11.8 Å². The molecule has 1 heterocycles. The van der Waals surface area contributed by atoms with Crippen LogP contribution in [0.15, 0.2) is 71.7 Å². The Morgan fingerprint density at radius 1 is 1.06 bits per heavy atom. The first-order valence-electron chi connectivity index (χ1n) is 10.2. The highest BCUT2D eigenvalue weighted by Crippen LogP contribution is 2.15. The number of thiophene rings is 1. The molecular formula is C25H26N2O3S2. The van der Waals surface area contributed by atoms with Gasteiger partial charge in [-0.25, -0.2) is 0 Å². The van der Waals surface area contributed by atoms with Gasteiger partial charge in [-0.15, -0.1) is 11.3 Å². The van der Waals surface area contributed by atoms with Crippen molar-refractivity contribution in [3.63, 3.8) is 0 Å². The van der Waals surface area contributed by atoms with Crippen LogP contribution in [0.1, 0.15) is 26.4 Å². The van der Waals surface area contributed by atoms with E-state index in [2.05, 4.69) is 41.8 Å². The Hall–Kier alpha value is -3.03. The molecule has 3 rings (SSSR count). The maximum Gasteiger partial charge on any atom is 0.267 e. The van der Waals surface area contributed by atoms with Crippen molar-refractivity contribution < 1.29 is 14.3 Å². The number of rotatable bonds is 10. The van der Waals surface area contributed by atoms with Gasteiger partial charge in [-0.1, -0.05) is 35.9 Å². The molecule has 0 radical (unpaired) electrons. The van der Waals surface area contributed by atoms with Gasteiger partial charge in [0.05, 0.1) is 7.11 Å². The Bertz CT molecular complexity index is 1040. The fourth-order valence-electron chi connectivity index (χ4n) is 2.82. The summed E-state index contributed by atoms with van der Waals surface area (Å²) in [6, 6.07) is 19.0. The predicted octanol–water partition coefficient (Wildman–Crippen LogP) is 4.89. The van der Waals surface area contributed by atoms with Crippen LogP contribution in [-0.4, -0.2) is 31.2 Å². The molecule has 0 spiro atoms. The highest BCUT2D eigenvalue weighted by Gasteiger charge is 2.15. The number of aryl methyl sites for hydroxylation is 1. The SMILES string of the molecule is COc1ccc(C(=O)N/C(=C\c2cccs2)C(=O)NCCSCc2ccc(C)cc2)cc1. The summed E-state index contributed by atoms with van der Waals surface area (Å²) in [5, 5.41) is 7.58. The quantitative estimate of drug-likeness (QED) is 0.330. The lowest BCUT2D eigenvalue weighted by molar-refractivity contribution is -0.117. The molecule has 0 aliphatic rings. The number of nitrogens with one attached hydrogen (secondary N) is 2.